The van der Waals surface area contributed by atoms with Gasteiger partial charge in [-0.25, -0.2) is 4.79 Å². The number of hydrogen-bond acceptors (Lipinski definition) is 5. The van der Waals surface area contributed by atoms with Crippen LogP contribution in [-0.4, -0.2) is 55.4 Å². The molecule has 0 aromatic carbocycles. The number of aryl methyl sites for hydroxylation is 1. The number of thiophene rings is 1. The average molecular weight is 299 g/mol. The molecule has 1 aliphatic heterocycles. The van der Waals surface area contributed by atoms with E-state index in [1.165, 1.54) is 11.3 Å². The Morgan fingerprint density at radius 1 is 1.50 bits per heavy atom. The first-order chi connectivity index (χ1) is 9.70. The van der Waals surface area contributed by atoms with Crippen LogP contribution in [-0.2, 0) is 11.2 Å². The molecule has 0 bridgehead atoms. The summed E-state index contributed by atoms with van der Waals surface area (Å²) in [5, 5.41) is 9.20. The molecule has 2 heterocycles. The second-order valence-electron chi connectivity index (χ2n) is 4.76. The molecule has 1 fully saturated rings. The summed E-state index contributed by atoms with van der Waals surface area (Å²) >= 11 is 1.32. The van der Waals surface area contributed by atoms with Gasteiger partial charge in [-0.2, -0.15) is 0 Å². The van der Waals surface area contributed by atoms with Crippen molar-refractivity contribution in [2.24, 2.45) is 0 Å². The van der Waals surface area contributed by atoms with Gasteiger partial charge in [-0.1, -0.05) is 13.3 Å². The number of nitrogens with zero attached hydrogens (tertiary/aromatic N) is 1. The molecule has 1 saturated heterocycles. The zero-order valence-electron chi connectivity index (χ0n) is 11.8. The third-order valence-corrected chi connectivity index (χ3v) is 4.37. The lowest BCUT2D eigenvalue weighted by Gasteiger charge is -2.26. The minimum atomic E-state index is -0.904. The minimum Gasteiger partial charge on any atom is -0.490 e. The molecule has 0 amide bonds. The smallest absolute Gasteiger partial charge is 0.349 e. The van der Waals surface area contributed by atoms with Crippen LogP contribution >= 0.6 is 11.3 Å². The summed E-state index contributed by atoms with van der Waals surface area (Å²) in [4.78, 5) is 14.9. The highest BCUT2D eigenvalue weighted by atomic mass is 32.1. The lowest BCUT2D eigenvalue weighted by Crippen LogP contribution is -2.38. The van der Waals surface area contributed by atoms with Gasteiger partial charge in [0.25, 0.3) is 0 Å². The van der Waals surface area contributed by atoms with Crippen molar-refractivity contribution < 1.29 is 19.4 Å². The quantitative estimate of drug-likeness (QED) is 0.835. The number of carboxylic acid groups (broad SMARTS) is 1. The van der Waals surface area contributed by atoms with Crippen molar-refractivity contribution in [2.75, 3.05) is 39.5 Å². The van der Waals surface area contributed by atoms with Gasteiger partial charge in [0.05, 0.1) is 13.2 Å². The van der Waals surface area contributed by atoms with Crippen molar-refractivity contribution in [3.05, 3.63) is 15.8 Å². The SMILES string of the molecule is CCCc1cc(OCCN2CCOCC2)c(C(=O)O)s1. The maximum absolute atomic E-state index is 11.2. The summed E-state index contributed by atoms with van der Waals surface area (Å²) in [5.74, 6) is -0.391. The third kappa shape index (κ3) is 4.19. The zero-order chi connectivity index (χ0) is 14.4. The van der Waals surface area contributed by atoms with Gasteiger partial charge in [-0.05, 0) is 12.5 Å². The van der Waals surface area contributed by atoms with Crippen LogP contribution < -0.4 is 4.74 Å². The van der Waals surface area contributed by atoms with E-state index >= 15 is 0 Å². The molecule has 0 aliphatic carbocycles. The Morgan fingerprint density at radius 2 is 2.25 bits per heavy atom. The molecule has 0 radical (unpaired) electrons. The fourth-order valence-electron chi connectivity index (χ4n) is 2.16. The summed E-state index contributed by atoms with van der Waals surface area (Å²) < 4.78 is 11.0. The Bertz CT molecular complexity index is 440. The lowest BCUT2D eigenvalue weighted by atomic mass is 10.3. The predicted molar refractivity (Wildman–Crippen MR) is 78.0 cm³/mol. The maximum Gasteiger partial charge on any atom is 0.349 e. The normalized spacial score (nSPS) is 16.2. The highest BCUT2D eigenvalue weighted by Gasteiger charge is 2.17. The topological polar surface area (TPSA) is 59.0 Å². The van der Waals surface area contributed by atoms with Crippen LogP contribution in [0.4, 0.5) is 0 Å². The minimum absolute atomic E-state index is 0.315. The number of rotatable bonds is 7. The molecule has 1 aliphatic rings. The van der Waals surface area contributed by atoms with Gasteiger partial charge >= 0.3 is 5.97 Å². The molecule has 20 heavy (non-hydrogen) atoms. The first kappa shape index (κ1) is 15.3. The van der Waals surface area contributed by atoms with E-state index in [1.54, 1.807) is 0 Å². The number of aromatic carboxylic acids is 1. The monoisotopic (exact) mass is 299 g/mol. The summed E-state index contributed by atoms with van der Waals surface area (Å²) in [6, 6.07) is 1.87. The van der Waals surface area contributed by atoms with Crippen LogP contribution in [0.25, 0.3) is 0 Å². The Balaban J connectivity index is 1.88. The van der Waals surface area contributed by atoms with E-state index in [9.17, 15) is 9.90 Å². The molecular weight excluding hydrogens is 278 g/mol. The fraction of sp³-hybridized carbons (Fsp3) is 0.643. The molecule has 1 aromatic rings. The van der Waals surface area contributed by atoms with E-state index in [-0.39, 0.29) is 0 Å². The van der Waals surface area contributed by atoms with Crippen LogP contribution in [0.3, 0.4) is 0 Å². The third-order valence-electron chi connectivity index (χ3n) is 3.21. The van der Waals surface area contributed by atoms with E-state index in [1.807, 2.05) is 6.07 Å². The molecule has 112 valence electrons. The second-order valence-corrected chi connectivity index (χ2v) is 5.90. The highest BCUT2D eigenvalue weighted by Crippen LogP contribution is 2.30. The lowest BCUT2D eigenvalue weighted by molar-refractivity contribution is 0.0322. The van der Waals surface area contributed by atoms with Gasteiger partial charge < -0.3 is 14.6 Å². The van der Waals surface area contributed by atoms with Crippen LogP contribution in [0.1, 0.15) is 27.9 Å². The number of hydrogen-bond donors (Lipinski definition) is 1. The Labute approximate surface area is 123 Å². The van der Waals surface area contributed by atoms with E-state index < -0.39 is 5.97 Å². The predicted octanol–water partition coefficient (Wildman–Crippen LogP) is 2.11. The summed E-state index contributed by atoms with van der Waals surface area (Å²) in [7, 11) is 0. The van der Waals surface area contributed by atoms with Crippen LogP contribution in [0, 0.1) is 0 Å². The van der Waals surface area contributed by atoms with Gasteiger partial charge in [0, 0.05) is 24.5 Å². The molecule has 2 rings (SSSR count). The fourth-order valence-corrected chi connectivity index (χ4v) is 3.20. The number of morpholine rings is 1. The summed E-state index contributed by atoms with van der Waals surface area (Å²) in [5.41, 5.74) is 0. The van der Waals surface area contributed by atoms with Gasteiger partial charge in [-0.3, -0.25) is 4.90 Å². The Morgan fingerprint density at radius 3 is 2.90 bits per heavy atom. The van der Waals surface area contributed by atoms with Gasteiger partial charge in [-0.15, -0.1) is 11.3 Å². The van der Waals surface area contributed by atoms with Crippen molar-refractivity contribution >= 4 is 17.3 Å². The van der Waals surface area contributed by atoms with Gasteiger partial charge in [0.15, 0.2) is 4.88 Å². The largest absolute Gasteiger partial charge is 0.490 e. The molecule has 0 spiro atoms. The van der Waals surface area contributed by atoms with Gasteiger partial charge in [0.1, 0.15) is 12.4 Å². The van der Waals surface area contributed by atoms with E-state index in [2.05, 4.69) is 11.8 Å². The van der Waals surface area contributed by atoms with Crippen LogP contribution in [0.2, 0.25) is 0 Å². The van der Waals surface area contributed by atoms with E-state index in [0.29, 0.717) is 17.2 Å². The first-order valence-electron chi connectivity index (χ1n) is 6.99. The van der Waals surface area contributed by atoms with Crippen molar-refractivity contribution in [1.82, 2.24) is 4.90 Å². The van der Waals surface area contributed by atoms with Crippen LogP contribution in [0.5, 0.6) is 5.75 Å². The zero-order valence-corrected chi connectivity index (χ0v) is 12.6. The Hall–Kier alpha value is -1.11. The van der Waals surface area contributed by atoms with E-state index in [4.69, 9.17) is 9.47 Å². The summed E-state index contributed by atoms with van der Waals surface area (Å²) in [6.07, 6.45) is 1.91. The molecule has 0 unspecified atom stereocenters. The maximum atomic E-state index is 11.2. The molecule has 1 N–H and O–H groups in total. The van der Waals surface area contributed by atoms with Crippen molar-refractivity contribution in [3.63, 3.8) is 0 Å². The van der Waals surface area contributed by atoms with Gasteiger partial charge in [0.2, 0.25) is 0 Å². The highest BCUT2D eigenvalue weighted by molar-refractivity contribution is 7.14. The molecule has 1 aromatic heterocycles. The van der Waals surface area contributed by atoms with Crippen molar-refractivity contribution in [3.8, 4) is 5.75 Å². The van der Waals surface area contributed by atoms with E-state index in [0.717, 1.165) is 50.6 Å². The standard InChI is InChI=1S/C14H21NO4S/c1-2-3-11-10-12(13(20-11)14(16)17)19-9-6-15-4-7-18-8-5-15/h10H,2-9H2,1H3,(H,16,17). The summed E-state index contributed by atoms with van der Waals surface area (Å²) in [6.45, 7) is 6.77. The Kier molecular flexibility index (Phi) is 5.82. The molecule has 6 heteroatoms. The van der Waals surface area contributed by atoms with Crippen LogP contribution in [0.15, 0.2) is 6.07 Å². The number of carbonyl (C=O) groups is 1. The van der Waals surface area contributed by atoms with Crippen molar-refractivity contribution in [1.29, 1.82) is 0 Å². The average Bonchev–Trinajstić information content (AvgIpc) is 2.84. The van der Waals surface area contributed by atoms with Crippen molar-refractivity contribution in [2.45, 2.75) is 19.8 Å². The second kappa shape index (κ2) is 7.61. The molecule has 0 saturated carbocycles. The molecule has 0 atom stereocenters. The molecule has 5 nitrogen and oxygen atoms in total. The first-order valence-corrected chi connectivity index (χ1v) is 7.81. The molecular formula is C14H21NO4S. The number of carboxylic acids is 1. The number of ether oxygens (including phenoxy) is 2.